The average molecular weight is 308 g/mol. The molecule has 0 fully saturated rings. The molecule has 122 valence electrons. The average Bonchev–Trinajstić information content (AvgIpc) is 2.53. The number of rotatable bonds is 7. The molecule has 0 spiro atoms. The third kappa shape index (κ3) is 8.06. The SMILES string of the molecule is C=CCOC(=O)CN.CCc1ccccc1N[C@@H](C)C(=O)O. The molecule has 0 saturated heterocycles. The van der Waals surface area contributed by atoms with Crippen molar-refractivity contribution in [2.24, 2.45) is 5.73 Å². The fourth-order valence-electron chi connectivity index (χ4n) is 1.48. The summed E-state index contributed by atoms with van der Waals surface area (Å²) < 4.78 is 4.46. The molecule has 0 aliphatic carbocycles. The highest BCUT2D eigenvalue weighted by Crippen LogP contribution is 2.16. The Morgan fingerprint density at radius 3 is 2.59 bits per heavy atom. The molecule has 1 rings (SSSR count). The van der Waals surface area contributed by atoms with Gasteiger partial charge in [-0.2, -0.15) is 0 Å². The van der Waals surface area contributed by atoms with Gasteiger partial charge in [0.25, 0.3) is 0 Å². The molecular weight excluding hydrogens is 284 g/mol. The van der Waals surface area contributed by atoms with Gasteiger partial charge in [0.1, 0.15) is 12.6 Å². The van der Waals surface area contributed by atoms with E-state index in [4.69, 9.17) is 10.8 Å². The van der Waals surface area contributed by atoms with Gasteiger partial charge in [-0.1, -0.05) is 37.8 Å². The first-order chi connectivity index (χ1) is 10.5. The van der Waals surface area contributed by atoms with Crippen molar-refractivity contribution in [3.63, 3.8) is 0 Å². The molecule has 0 aromatic heterocycles. The highest BCUT2D eigenvalue weighted by molar-refractivity contribution is 5.77. The Labute approximate surface area is 131 Å². The number of carboxylic acids is 1. The van der Waals surface area contributed by atoms with Crippen molar-refractivity contribution in [2.45, 2.75) is 26.3 Å². The van der Waals surface area contributed by atoms with Crippen LogP contribution in [0.5, 0.6) is 0 Å². The van der Waals surface area contributed by atoms with Gasteiger partial charge in [-0.25, -0.2) is 0 Å². The number of carbonyl (C=O) groups is 2. The molecule has 0 bridgehead atoms. The van der Waals surface area contributed by atoms with E-state index in [9.17, 15) is 9.59 Å². The molecule has 6 nitrogen and oxygen atoms in total. The van der Waals surface area contributed by atoms with Crippen LogP contribution in [0.15, 0.2) is 36.9 Å². The van der Waals surface area contributed by atoms with E-state index in [0.717, 1.165) is 17.7 Å². The highest BCUT2D eigenvalue weighted by Gasteiger charge is 2.11. The lowest BCUT2D eigenvalue weighted by Gasteiger charge is -2.13. The largest absolute Gasteiger partial charge is 0.480 e. The van der Waals surface area contributed by atoms with E-state index in [2.05, 4.69) is 16.6 Å². The number of nitrogens with one attached hydrogen (secondary N) is 1. The van der Waals surface area contributed by atoms with Crippen molar-refractivity contribution in [3.05, 3.63) is 42.5 Å². The number of anilines is 1. The number of para-hydroxylation sites is 1. The van der Waals surface area contributed by atoms with E-state index >= 15 is 0 Å². The van der Waals surface area contributed by atoms with Crippen LogP contribution in [0, 0.1) is 0 Å². The van der Waals surface area contributed by atoms with Crippen LogP contribution in [-0.2, 0) is 20.7 Å². The first kappa shape index (κ1) is 19.7. The summed E-state index contributed by atoms with van der Waals surface area (Å²) in [5.41, 5.74) is 6.95. The van der Waals surface area contributed by atoms with E-state index in [1.54, 1.807) is 6.92 Å². The van der Waals surface area contributed by atoms with Gasteiger partial charge in [-0.3, -0.25) is 9.59 Å². The van der Waals surface area contributed by atoms with Crippen molar-refractivity contribution >= 4 is 17.6 Å². The van der Waals surface area contributed by atoms with Crippen LogP contribution in [0.25, 0.3) is 0 Å². The normalized spacial score (nSPS) is 10.7. The number of nitrogens with two attached hydrogens (primary N) is 1. The molecule has 1 aromatic rings. The Morgan fingerprint density at radius 1 is 1.45 bits per heavy atom. The summed E-state index contributed by atoms with van der Waals surface area (Å²) in [5.74, 6) is -1.24. The number of aryl methyl sites for hydroxylation is 1. The number of hydrogen-bond donors (Lipinski definition) is 3. The van der Waals surface area contributed by atoms with Gasteiger partial charge in [0.05, 0.1) is 6.54 Å². The van der Waals surface area contributed by atoms with Crippen molar-refractivity contribution in [3.8, 4) is 0 Å². The Kier molecular flexibility index (Phi) is 10.1. The maximum Gasteiger partial charge on any atom is 0.325 e. The number of carbonyl (C=O) groups excluding carboxylic acids is 1. The number of benzene rings is 1. The lowest BCUT2D eigenvalue weighted by Crippen LogP contribution is -2.25. The van der Waals surface area contributed by atoms with Gasteiger partial charge in [0.15, 0.2) is 0 Å². The topological polar surface area (TPSA) is 102 Å². The van der Waals surface area contributed by atoms with Crippen molar-refractivity contribution in [1.82, 2.24) is 0 Å². The minimum Gasteiger partial charge on any atom is -0.480 e. The number of ether oxygens (including phenoxy) is 1. The molecule has 4 N–H and O–H groups in total. The summed E-state index contributed by atoms with van der Waals surface area (Å²) in [6.07, 6.45) is 2.39. The summed E-state index contributed by atoms with van der Waals surface area (Å²) >= 11 is 0. The van der Waals surface area contributed by atoms with Gasteiger partial charge in [0, 0.05) is 5.69 Å². The number of hydrogen-bond acceptors (Lipinski definition) is 5. The van der Waals surface area contributed by atoms with E-state index in [1.807, 2.05) is 31.2 Å². The Bertz CT molecular complexity index is 489. The van der Waals surface area contributed by atoms with Gasteiger partial charge in [-0.05, 0) is 25.0 Å². The van der Waals surface area contributed by atoms with E-state index in [1.165, 1.54) is 6.08 Å². The van der Waals surface area contributed by atoms with Crippen LogP contribution >= 0.6 is 0 Å². The maximum atomic E-state index is 10.6. The summed E-state index contributed by atoms with van der Waals surface area (Å²) in [4.78, 5) is 20.8. The van der Waals surface area contributed by atoms with Crippen molar-refractivity contribution < 1.29 is 19.4 Å². The summed E-state index contributed by atoms with van der Waals surface area (Å²) in [6.45, 7) is 7.21. The summed E-state index contributed by atoms with van der Waals surface area (Å²) in [5, 5.41) is 11.7. The quantitative estimate of drug-likeness (QED) is 0.524. The zero-order chi connectivity index (χ0) is 17.0. The number of aliphatic carboxylic acids is 1. The first-order valence-corrected chi connectivity index (χ1v) is 7.00. The zero-order valence-electron chi connectivity index (χ0n) is 13.0. The number of esters is 1. The van der Waals surface area contributed by atoms with E-state index in [0.29, 0.717) is 0 Å². The van der Waals surface area contributed by atoms with Crippen LogP contribution < -0.4 is 11.1 Å². The third-order valence-electron chi connectivity index (χ3n) is 2.67. The molecule has 1 atom stereocenters. The third-order valence-corrected chi connectivity index (χ3v) is 2.67. The first-order valence-electron chi connectivity index (χ1n) is 7.00. The van der Waals surface area contributed by atoms with Gasteiger partial charge in [-0.15, -0.1) is 0 Å². The maximum absolute atomic E-state index is 10.6. The second kappa shape index (κ2) is 11.3. The minimum absolute atomic E-state index is 0.0617. The predicted octanol–water partition coefficient (Wildman–Crippen LogP) is 1.81. The van der Waals surface area contributed by atoms with Crippen LogP contribution in [-0.4, -0.2) is 36.2 Å². The second-order valence-corrected chi connectivity index (χ2v) is 4.39. The lowest BCUT2D eigenvalue weighted by molar-refractivity contribution is -0.140. The molecular formula is C16H24N2O4. The Hall–Kier alpha value is -2.34. The molecule has 0 radical (unpaired) electrons. The van der Waals surface area contributed by atoms with E-state index in [-0.39, 0.29) is 13.2 Å². The zero-order valence-corrected chi connectivity index (χ0v) is 13.0. The standard InChI is InChI=1S/C11H15NO2.C5H9NO2/c1-3-9-6-4-5-7-10(9)12-8(2)11(13)14;1-2-3-8-5(7)4-6/h4-8,12H,3H2,1-2H3,(H,13,14);2H,1,3-4,6H2/t8-;/m0./s1. The molecule has 1 aromatic carbocycles. The van der Waals surface area contributed by atoms with E-state index < -0.39 is 18.0 Å². The Balaban J connectivity index is 0.000000472. The summed E-state index contributed by atoms with van der Waals surface area (Å²) in [6, 6.07) is 7.20. The second-order valence-electron chi connectivity index (χ2n) is 4.39. The molecule has 22 heavy (non-hydrogen) atoms. The summed E-state index contributed by atoms with van der Waals surface area (Å²) in [7, 11) is 0. The molecule has 0 unspecified atom stereocenters. The molecule has 6 heteroatoms. The van der Waals surface area contributed by atoms with Crippen LogP contribution in [0.3, 0.4) is 0 Å². The minimum atomic E-state index is -0.837. The fraction of sp³-hybridized carbons (Fsp3) is 0.375. The molecule has 0 amide bonds. The highest BCUT2D eigenvalue weighted by atomic mass is 16.5. The number of carboxylic acid groups (broad SMARTS) is 1. The fourth-order valence-corrected chi connectivity index (χ4v) is 1.48. The van der Waals surface area contributed by atoms with Crippen LogP contribution in [0.4, 0.5) is 5.69 Å². The molecule has 0 saturated carbocycles. The lowest BCUT2D eigenvalue weighted by atomic mass is 10.1. The Morgan fingerprint density at radius 2 is 2.09 bits per heavy atom. The van der Waals surface area contributed by atoms with Gasteiger partial charge in [0.2, 0.25) is 0 Å². The predicted molar refractivity (Wildman–Crippen MR) is 86.8 cm³/mol. The smallest absolute Gasteiger partial charge is 0.325 e. The van der Waals surface area contributed by atoms with Gasteiger partial charge < -0.3 is 20.9 Å². The molecule has 0 heterocycles. The molecule has 0 aliphatic rings. The molecule has 0 aliphatic heterocycles. The van der Waals surface area contributed by atoms with Crippen molar-refractivity contribution in [2.75, 3.05) is 18.5 Å². The van der Waals surface area contributed by atoms with Crippen molar-refractivity contribution in [1.29, 1.82) is 0 Å². The monoisotopic (exact) mass is 308 g/mol. The van der Waals surface area contributed by atoms with Crippen LogP contribution in [0.2, 0.25) is 0 Å². The van der Waals surface area contributed by atoms with Gasteiger partial charge >= 0.3 is 11.9 Å². The van der Waals surface area contributed by atoms with Crippen LogP contribution in [0.1, 0.15) is 19.4 Å².